The molecule has 0 aliphatic carbocycles. The maximum Gasteiger partial charge on any atom is 0.132 e. The molecule has 0 aliphatic heterocycles. The van der Waals surface area contributed by atoms with Gasteiger partial charge in [-0.15, -0.1) is 4.48 Å². The van der Waals surface area contributed by atoms with Crippen LogP contribution in [0.1, 0.15) is 13.3 Å². The van der Waals surface area contributed by atoms with Gasteiger partial charge in [0.05, 0.1) is 0 Å². The van der Waals surface area contributed by atoms with E-state index in [0.717, 1.165) is 0 Å². The maximum absolute atomic E-state index is 11.5. The van der Waals surface area contributed by atoms with Gasteiger partial charge in [0.2, 0.25) is 0 Å². The van der Waals surface area contributed by atoms with Gasteiger partial charge < -0.3 is 0 Å². The molecule has 0 fully saturated rings. The summed E-state index contributed by atoms with van der Waals surface area (Å²) in [6.07, 6.45) is 1.84. The first-order valence-corrected chi connectivity index (χ1v) is 2.69. The summed E-state index contributed by atoms with van der Waals surface area (Å²) in [5.41, 5.74) is 1.45. The average Bonchev–Trinajstić information content (AvgIpc) is 1.91. The highest BCUT2D eigenvalue weighted by molar-refractivity contribution is 5.87. The SMILES string of the molecule is CC/C(=N\C=N/C)NF. The molecule has 0 aromatic heterocycles. The molecule has 0 unspecified atom stereocenters. The molecular formula is C5H10FN3. The molecule has 0 aliphatic rings. The minimum absolute atomic E-state index is 0.292. The summed E-state index contributed by atoms with van der Waals surface area (Å²) in [4.78, 5) is 7.17. The summed E-state index contributed by atoms with van der Waals surface area (Å²) in [6.45, 7) is 1.80. The van der Waals surface area contributed by atoms with Crippen molar-refractivity contribution in [2.45, 2.75) is 13.3 Å². The Kier molecular flexibility index (Phi) is 4.67. The van der Waals surface area contributed by atoms with Crippen molar-refractivity contribution in [3.8, 4) is 0 Å². The monoisotopic (exact) mass is 131 g/mol. The van der Waals surface area contributed by atoms with Crippen LogP contribution in [0, 0.1) is 0 Å². The van der Waals surface area contributed by atoms with Crippen LogP contribution in [0.3, 0.4) is 0 Å². The minimum atomic E-state index is 0.292. The summed E-state index contributed by atoms with van der Waals surface area (Å²) in [7, 11) is 1.58. The second-order valence-corrected chi connectivity index (χ2v) is 1.40. The number of nitrogens with zero attached hydrogens (tertiary/aromatic N) is 2. The third kappa shape index (κ3) is 3.64. The van der Waals surface area contributed by atoms with Gasteiger partial charge in [-0.3, -0.25) is 4.99 Å². The second kappa shape index (κ2) is 5.21. The molecule has 0 aromatic rings. The number of halogens is 1. The van der Waals surface area contributed by atoms with Crippen LogP contribution < -0.4 is 5.54 Å². The number of nitrogens with one attached hydrogen (secondary N) is 1. The molecule has 1 N–H and O–H groups in total. The lowest BCUT2D eigenvalue weighted by Crippen LogP contribution is -2.12. The first-order chi connectivity index (χ1) is 4.35. The van der Waals surface area contributed by atoms with Crippen LogP contribution in [0.5, 0.6) is 0 Å². The molecule has 0 spiro atoms. The number of amidine groups is 1. The zero-order chi connectivity index (χ0) is 7.11. The number of hydrogen-bond acceptors (Lipinski definition) is 1. The Hall–Kier alpha value is -0.930. The molecule has 0 heterocycles. The van der Waals surface area contributed by atoms with Gasteiger partial charge >= 0.3 is 0 Å². The molecule has 0 aromatic carbocycles. The Labute approximate surface area is 53.6 Å². The van der Waals surface area contributed by atoms with E-state index in [2.05, 4.69) is 9.98 Å². The normalized spacial score (nSPS) is 12.6. The summed E-state index contributed by atoms with van der Waals surface area (Å²) < 4.78 is 11.5. The van der Waals surface area contributed by atoms with Gasteiger partial charge in [0, 0.05) is 13.5 Å². The van der Waals surface area contributed by atoms with Crippen molar-refractivity contribution >= 4 is 12.2 Å². The molecule has 3 nitrogen and oxygen atoms in total. The van der Waals surface area contributed by atoms with E-state index in [1.807, 2.05) is 0 Å². The van der Waals surface area contributed by atoms with E-state index in [4.69, 9.17) is 0 Å². The van der Waals surface area contributed by atoms with Crippen molar-refractivity contribution in [3.05, 3.63) is 0 Å². The molecule has 0 saturated heterocycles. The van der Waals surface area contributed by atoms with E-state index in [0.29, 0.717) is 12.3 Å². The Balaban J connectivity index is 3.75. The second-order valence-electron chi connectivity index (χ2n) is 1.40. The van der Waals surface area contributed by atoms with E-state index in [9.17, 15) is 4.48 Å². The predicted molar refractivity (Wildman–Crippen MR) is 36.4 cm³/mol. The van der Waals surface area contributed by atoms with Gasteiger partial charge in [-0.2, -0.15) is 0 Å². The Morgan fingerprint density at radius 2 is 2.44 bits per heavy atom. The van der Waals surface area contributed by atoms with Crippen LogP contribution >= 0.6 is 0 Å². The van der Waals surface area contributed by atoms with E-state index < -0.39 is 0 Å². The largest absolute Gasteiger partial charge is 0.277 e. The molecule has 4 heteroatoms. The first kappa shape index (κ1) is 8.07. The molecule has 0 rings (SSSR count). The van der Waals surface area contributed by atoms with Crippen LogP contribution in [-0.2, 0) is 0 Å². The van der Waals surface area contributed by atoms with Crippen molar-refractivity contribution in [1.29, 1.82) is 0 Å². The summed E-state index contributed by atoms with van der Waals surface area (Å²) >= 11 is 0. The molecule has 0 saturated carbocycles. The zero-order valence-electron chi connectivity index (χ0n) is 5.56. The molecule has 0 amide bonds. The van der Waals surface area contributed by atoms with Gasteiger partial charge in [0.25, 0.3) is 0 Å². The van der Waals surface area contributed by atoms with Crippen LogP contribution in [0.2, 0.25) is 0 Å². The molecule has 0 radical (unpaired) electrons. The highest BCUT2D eigenvalue weighted by Crippen LogP contribution is 1.79. The molecule has 9 heavy (non-hydrogen) atoms. The van der Waals surface area contributed by atoms with Crippen molar-refractivity contribution in [3.63, 3.8) is 0 Å². The smallest absolute Gasteiger partial charge is 0.132 e. The highest BCUT2D eigenvalue weighted by atomic mass is 19.2. The van der Waals surface area contributed by atoms with E-state index in [1.54, 1.807) is 14.0 Å². The summed E-state index contributed by atoms with van der Waals surface area (Å²) in [6, 6.07) is 0. The third-order valence-electron chi connectivity index (χ3n) is 0.773. The predicted octanol–water partition coefficient (Wildman–Crippen LogP) is 0.927. The lowest BCUT2D eigenvalue weighted by molar-refractivity contribution is 0.429. The van der Waals surface area contributed by atoms with Crippen LogP contribution in [-0.4, -0.2) is 19.2 Å². The fourth-order valence-electron chi connectivity index (χ4n) is 0.310. The van der Waals surface area contributed by atoms with Gasteiger partial charge in [-0.1, -0.05) is 6.92 Å². The summed E-state index contributed by atoms with van der Waals surface area (Å²) in [5, 5.41) is 0. The van der Waals surface area contributed by atoms with Crippen LogP contribution in [0.15, 0.2) is 9.98 Å². The zero-order valence-corrected chi connectivity index (χ0v) is 5.56. The summed E-state index contributed by atoms with van der Waals surface area (Å²) in [5.74, 6) is 0.292. The van der Waals surface area contributed by atoms with Gasteiger partial charge in [-0.05, 0) is 0 Å². The Bertz CT molecular complexity index is 113. The quantitative estimate of drug-likeness (QED) is 0.338. The molecule has 0 atom stereocenters. The average molecular weight is 131 g/mol. The fourth-order valence-corrected chi connectivity index (χ4v) is 0.310. The molecule has 52 valence electrons. The number of rotatable bonds is 2. The fraction of sp³-hybridized carbons (Fsp3) is 0.600. The van der Waals surface area contributed by atoms with Gasteiger partial charge in [0.15, 0.2) is 0 Å². The van der Waals surface area contributed by atoms with Crippen molar-refractivity contribution < 1.29 is 4.48 Å². The van der Waals surface area contributed by atoms with Crippen LogP contribution in [0.25, 0.3) is 0 Å². The van der Waals surface area contributed by atoms with Gasteiger partial charge in [-0.25, -0.2) is 10.5 Å². The molecular weight excluding hydrogens is 121 g/mol. The standard InChI is InChI=1S/C5H10FN3/c1-3-5(9-6)8-4-7-2/h4H,3H2,1-2H3,(H,7,8,9). The van der Waals surface area contributed by atoms with E-state index >= 15 is 0 Å². The lowest BCUT2D eigenvalue weighted by Gasteiger charge is -1.92. The van der Waals surface area contributed by atoms with E-state index in [1.165, 1.54) is 11.9 Å². The van der Waals surface area contributed by atoms with Crippen LogP contribution in [0.4, 0.5) is 4.48 Å². The Morgan fingerprint density at radius 3 is 2.78 bits per heavy atom. The van der Waals surface area contributed by atoms with Crippen molar-refractivity contribution in [2.24, 2.45) is 9.98 Å². The Morgan fingerprint density at radius 1 is 1.78 bits per heavy atom. The molecule has 0 bridgehead atoms. The topological polar surface area (TPSA) is 36.8 Å². The van der Waals surface area contributed by atoms with E-state index in [-0.39, 0.29) is 0 Å². The number of hydrogen-bond donors (Lipinski definition) is 1. The van der Waals surface area contributed by atoms with Crippen molar-refractivity contribution in [1.82, 2.24) is 5.54 Å². The number of aliphatic imine (C=N–C) groups is 2. The van der Waals surface area contributed by atoms with Gasteiger partial charge in [0.1, 0.15) is 12.2 Å². The maximum atomic E-state index is 11.5. The highest BCUT2D eigenvalue weighted by Gasteiger charge is 1.87. The van der Waals surface area contributed by atoms with Crippen molar-refractivity contribution in [2.75, 3.05) is 7.05 Å². The minimum Gasteiger partial charge on any atom is -0.277 e. The first-order valence-electron chi connectivity index (χ1n) is 2.69. The third-order valence-corrected chi connectivity index (χ3v) is 0.773. The lowest BCUT2D eigenvalue weighted by atomic mass is 10.5.